The number of hydrogen-bond acceptors (Lipinski definition) is 5. The van der Waals surface area contributed by atoms with Crippen LogP contribution in [0.15, 0.2) is 30.3 Å². The van der Waals surface area contributed by atoms with Crippen molar-refractivity contribution in [2.24, 2.45) is 5.84 Å². The van der Waals surface area contributed by atoms with Gasteiger partial charge in [0.1, 0.15) is 0 Å². The molecule has 14 heavy (non-hydrogen) atoms. The fourth-order valence-electron chi connectivity index (χ4n) is 0.920. The highest BCUT2D eigenvalue weighted by molar-refractivity contribution is 5.13. The molecule has 1 aromatic carbocycles. The molecule has 0 saturated heterocycles. The second-order valence-corrected chi connectivity index (χ2v) is 2.62. The van der Waals surface area contributed by atoms with Gasteiger partial charge in [-0.2, -0.15) is 0 Å². The summed E-state index contributed by atoms with van der Waals surface area (Å²) in [5.41, 5.74) is 1.10. The van der Waals surface area contributed by atoms with Gasteiger partial charge in [0.2, 0.25) is 0 Å². The Balaban J connectivity index is 0.000000791. The molecule has 0 aromatic heterocycles. The quantitative estimate of drug-likeness (QED) is 0.479. The van der Waals surface area contributed by atoms with E-state index in [0.717, 1.165) is 12.7 Å². The Kier molecular flexibility index (Phi) is 6.91. The second kappa shape index (κ2) is 7.43. The number of aliphatic hydroxyl groups is 1. The minimum Gasteiger partial charge on any atom is -0.400 e. The molecule has 5 heteroatoms. The summed E-state index contributed by atoms with van der Waals surface area (Å²) < 4.78 is 0. The van der Waals surface area contributed by atoms with Gasteiger partial charge in [-0.3, -0.25) is 5.21 Å². The lowest BCUT2D eigenvalue weighted by Gasteiger charge is -2.20. The maximum absolute atomic E-state index is 8.82. The van der Waals surface area contributed by atoms with Gasteiger partial charge in [-0.25, -0.2) is 10.9 Å². The standard InChI is InChI=1S/C8H13N3O.CH4O/c1-10(11(9)12)7-8-5-3-2-4-6-8;1-2/h2-6,12H,7,9H2,1H3;2H,1H3. The average molecular weight is 199 g/mol. The minimum atomic E-state index is 0.576. The van der Waals surface area contributed by atoms with Gasteiger partial charge in [-0.1, -0.05) is 35.6 Å². The number of hydrazine groups is 2. The molecule has 0 amide bonds. The molecular weight excluding hydrogens is 182 g/mol. The van der Waals surface area contributed by atoms with E-state index in [4.69, 9.17) is 16.2 Å². The molecular formula is C9H17N3O2. The maximum Gasteiger partial charge on any atom is 0.0417 e. The number of hydrogen-bond donors (Lipinski definition) is 3. The Labute approximate surface area is 83.9 Å². The van der Waals surface area contributed by atoms with Crippen LogP contribution in [-0.4, -0.2) is 34.8 Å². The zero-order chi connectivity index (χ0) is 11.0. The van der Waals surface area contributed by atoms with E-state index < -0.39 is 0 Å². The number of aliphatic hydroxyl groups excluding tert-OH is 1. The Morgan fingerprint density at radius 1 is 1.21 bits per heavy atom. The van der Waals surface area contributed by atoms with Crippen LogP contribution in [0.5, 0.6) is 0 Å². The summed E-state index contributed by atoms with van der Waals surface area (Å²) in [5.74, 6) is 5.10. The van der Waals surface area contributed by atoms with E-state index in [0.29, 0.717) is 11.8 Å². The zero-order valence-corrected chi connectivity index (χ0v) is 8.46. The van der Waals surface area contributed by atoms with Crippen LogP contribution in [-0.2, 0) is 6.54 Å². The van der Waals surface area contributed by atoms with Crippen molar-refractivity contribution in [2.45, 2.75) is 6.54 Å². The number of rotatable bonds is 3. The smallest absolute Gasteiger partial charge is 0.0417 e. The molecule has 0 saturated carbocycles. The van der Waals surface area contributed by atoms with Crippen LogP contribution < -0.4 is 5.84 Å². The average Bonchev–Trinajstić information content (AvgIpc) is 2.22. The second-order valence-electron chi connectivity index (χ2n) is 2.62. The monoisotopic (exact) mass is 199 g/mol. The molecule has 0 atom stereocenters. The number of benzene rings is 1. The molecule has 0 fully saturated rings. The SMILES string of the molecule is CN(Cc1ccccc1)N(N)O.CO. The predicted molar refractivity (Wildman–Crippen MR) is 53.9 cm³/mol. The summed E-state index contributed by atoms with van der Waals surface area (Å²) in [5, 5.41) is 17.9. The first-order valence-corrected chi connectivity index (χ1v) is 4.13. The molecule has 0 bridgehead atoms. The van der Waals surface area contributed by atoms with Crippen LogP contribution in [0.2, 0.25) is 0 Å². The zero-order valence-electron chi connectivity index (χ0n) is 8.46. The summed E-state index contributed by atoms with van der Waals surface area (Å²) in [4.78, 5) is 0. The van der Waals surface area contributed by atoms with Gasteiger partial charge in [0.05, 0.1) is 0 Å². The third-order valence-corrected chi connectivity index (χ3v) is 1.60. The fourth-order valence-corrected chi connectivity index (χ4v) is 0.920. The van der Waals surface area contributed by atoms with Crippen molar-refractivity contribution in [1.29, 1.82) is 0 Å². The maximum atomic E-state index is 8.82. The van der Waals surface area contributed by atoms with Crippen LogP contribution in [0.3, 0.4) is 0 Å². The summed E-state index contributed by atoms with van der Waals surface area (Å²) >= 11 is 0. The van der Waals surface area contributed by atoms with E-state index in [1.807, 2.05) is 30.3 Å². The van der Waals surface area contributed by atoms with Crippen molar-refractivity contribution in [3.8, 4) is 0 Å². The summed E-state index contributed by atoms with van der Waals surface area (Å²) in [6.07, 6.45) is 0. The van der Waals surface area contributed by atoms with Gasteiger partial charge >= 0.3 is 0 Å². The molecule has 5 nitrogen and oxygen atoms in total. The first-order valence-electron chi connectivity index (χ1n) is 4.13. The third-order valence-electron chi connectivity index (χ3n) is 1.60. The highest BCUT2D eigenvalue weighted by Crippen LogP contribution is 2.01. The predicted octanol–water partition coefficient (Wildman–Crippen LogP) is 0.207. The van der Waals surface area contributed by atoms with Crippen molar-refractivity contribution < 1.29 is 10.3 Å². The van der Waals surface area contributed by atoms with E-state index in [2.05, 4.69) is 0 Å². The van der Waals surface area contributed by atoms with Gasteiger partial charge in [-0.15, -0.1) is 0 Å². The molecule has 0 aliphatic heterocycles. The molecule has 4 N–H and O–H groups in total. The molecule has 0 spiro atoms. The summed E-state index contributed by atoms with van der Waals surface area (Å²) in [6, 6.07) is 9.78. The molecule has 1 rings (SSSR count). The summed E-state index contributed by atoms with van der Waals surface area (Å²) in [7, 11) is 2.70. The van der Waals surface area contributed by atoms with Gasteiger partial charge in [0.25, 0.3) is 0 Å². The van der Waals surface area contributed by atoms with Gasteiger partial charge in [0.15, 0.2) is 0 Å². The van der Waals surface area contributed by atoms with Crippen molar-refractivity contribution in [1.82, 2.24) is 10.3 Å². The van der Waals surface area contributed by atoms with Crippen LogP contribution in [0.4, 0.5) is 0 Å². The lowest BCUT2D eigenvalue weighted by molar-refractivity contribution is -0.243. The van der Waals surface area contributed by atoms with Gasteiger partial charge in [-0.05, 0) is 5.56 Å². The number of nitrogens with two attached hydrogens (primary N) is 1. The largest absolute Gasteiger partial charge is 0.400 e. The van der Waals surface area contributed by atoms with Crippen LogP contribution >= 0.6 is 0 Å². The highest BCUT2D eigenvalue weighted by Gasteiger charge is 2.02. The summed E-state index contributed by atoms with van der Waals surface area (Å²) in [6.45, 7) is 0.591. The van der Waals surface area contributed by atoms with Crippen molar-refractivity contribution in [3.63, 3.8) is 0 Å². The van der Waals surface area contributed by atoms with E-state index in [1.54, 1.807) is 7.05 Å². The van der Waals surface area contributed by atoms with E-state index in [9.17, 15) is 0 Å². The topological polar surface area (TPSA) is 73.0 Å². The third kappa shape index (κ3) is 4.90. The first kappa shape index (κ1) is 13.0. The highest BCUT2D eigenvalue weighted by atomic mass is 16.6. The van der Waals surface area contributed by atoms with E-state index in [1.165, 1.54) is 5.01 Å². The van der Waals surface area contributed by atoms with Crippen molar-refractivity contribution in [3.05, 3.63) is 35.9 Å². The lowest BCUT2D eigenvalue weighted by atomic mass is 10.2. The Hall–Kier alpha value is -0.980. The fraction of sp³-hybridized carbons (Fsp3) is 0.333. The van der Waals surface area contributed by atoms with Crippen LogP contribution in [0, 0.1) is 0 Å². The van der Waals surface area contributed by atoms with Gasteiger partial charge < -0.3 is 5.11 Å². The Morgan fingerprint density at radius 3 is 2.14 bits per heavy atom. The first-order chi connectivity index (χ1) is 6.70. The van der Waals surface area contributed by atoms with Crippen LogP contribution in [0.1, 0.15) is 5.56 Å². The Morgan fingerprint density at radius 2 is 1.71 bits per heavy atom. The van der Waals surface area contributed by atoms with Crippen LogP contribution in [0.25, 0.3) is 0 Å². The molecule has 0 unspecified atom stereocenters. The van der Waals surface area contributed by atoms with Crippen molar-refractivity contribution in [2.75, 3.05) is 14.2 Å². The normalized spacial score (nSPS) is 9.93. The minimum absolute atomic E-state index is 0.576. The van der Waals surface area contributed by atoms with E-state index >= 15 is 0 Å². The number of nitrogens with zero attached hydrogens (tertiary/aromatic N) is 2. The molecule has 0 aliphatic carbocycles. The van der Waals surface area contributed by atoms with Crippen molar-refractivity contribution >= 4 is 0 Å². The molecule has 0 radical (unpaired) electrons. The molecule has 1 aromatic rings. The van der Waals surface area contributed by atoms with E-state index in [-0.39, 0.29) is 0 Å². The molecule has 0 aliphatic rings. The van der Waals surface area contributed by atoms with Gasteiger partial charge in [0, 0.05) is 20.7 Å². The molecule has 0 heterocycles. The Bertz CT molecular complexity index is 229. The lowest BCUT2D eigenvalue weighted by Crippen LogP contribution is -2.41. The molecule has 80 valence electrons.